The predicted molar refractivity (Wildman–Crippen MR) is 73.1 cm³/mol. The van der Waals surface area contributed by atoms with Crippen molar-refractivity contribution in [2.45, 2.75) is 19.4 Å². The third-order valence-corrected chi connectivity index (χ3v) is 3.38. The van der Waals surface area contributed by atoms with Gasteiger partial charge in [0.05, 0.1) is 32.3 Å². The minimum absolute atomic E-state index is 0.0386. The first-order valence-electron chi connectivity index (χ1n) is 6.62. The molecule has 1 saturated heterocycles. The fourth-order valence-electron chi connectivity index (χ4n) is 2.30. The second-order valence-corrected chi connectivity index (χ2v) is 4.93. The van der Waals surface area contributed by atoms with Gasteiger partial charge < -0.3 is 14.4 Å². The Kier molecular flexibility index (Phi) is 4.93. The van der Waals surface area contributed by atoms with Crippen LogP contribution in [0.4, 0.5) is 0 Å². The van der Waals surface area contributed by atoms with E-state index in [0.29, 0.717) is 32.8 Å². The summed E-state index contributed by atoms with van der Waals surface area (Å²) in [6.45, 7) is 4.40. The Morgan fingerprint density at radius 3 is 2.84 bits per heavy atom. The van der Waals surface area contributed by atoms with Crippen LogP contribution in [-0.2, 0) is 20.7 Å². The van der Waals surface area contributed by atoms with E-state index in [1.807, 2.05) is 36.1 Å². The molecule has 0 bridgehead atoms. The maximum atomic E-state index is 12.4. The molecule has 0 N–H and O–H groups in total. The van der Waals surface area contributed by atoms with E-state index >= 15 is 0 Å². The van der Waals surface area contributed by atoms with Crippen LogP contribution in [0.1, 0.15) is 11.1 Å². The van der Waals surface area contributed by atoms with E-state index in [9.17, 15) is 4.79 Å². The number of benzene rings is 1. The van der Waals surface area contributed by atoms with Crippen LogP contribution in [0.15, 0.2) is 24.3 Å². The molecule has 19 heavy (non-hydrogen) atoms. The van der Waals surface area contributed by atoms with E-state index in [1.165, 1.54) is 5.56 Å². The van der Waals surface area contributed by atoms with E-state index in [-0.39, 0.29) is 11.9 Å². The van der Waals surface area contributed by atoms with Crippen LogP contribution in [0, 0.1) is 6.92 Å². The lowest BCUT2D eigenvalue weighted by Gasteiger charge is -2.35. The summed E-state index contributed by atoms with van der Waals surface area (Å²) in [7, 11) is 1.65. The van der Waals surface area contributed by atoms with Crippen molar-refractivity contribution < 1.29 is 14.3 Å². The van der Waals surface area contributed by atoms with Crippen molar-refractivity contribution in [1.82, 2.24) is 4.90 Å². The average molecular weight is 263 g/mol. The summed E-state index contributed by atoms with van der Waals surface area (Å²) in [6.07, 6.45) is 0.445. The van der Waals surface area contributed by atoms with Crippen LogP contribution >= 0.6 is 0 Å². The van der Waals surface area contributed by atoms with Gasteiger partial charge in [-0.2, -0.15) is 0 Å². The van der Waals surface area contributed by atoms with Crippen molar-refractivity contribution in [3.8, 4) is 0 Å². The van der Waals surface area contributed by atoms with Crippen LogP contribution in [-0.4, -0.2) is 50.3 Å². The van der Waals surface area contributed by atoms with Crippen molar-refractivity contribution in [2.75, 3.05) is 33.5 Å². The van der Waals surface area contributed by atoms with Crippen molar-refractivity contribution in [3.63, 3.8) is 0 Å². The monoisotopic (exact) mass is 263 g/mol. The number of carbonyl (C=O) groups is 1. The molecular formula is C15H21NO3. The highest BCUT2D eigenvalue weighted by Gasteiger charge is 2.26. The Morgan fingerprint density at radius 2 is 2.16 bits per heavy atom. The summed E-state index contributed by atoms with van der Waals surface area (Å²) in [5.41, 5.74) is 2.26. The average Bonchev–Trinajstić information content (AvgIpc) is 2.42. The number of ether oxygens (including phenoxy) is 2. The second-order valence-electron chi connectivity index (χ2n) is 4.93. The van der Waals surface area contributed by atoms with Gasteiger partial charge in [-0.25, -0.2) is 0 Å². The first-order valence-corrected chi connectivity index (χ1v) is 6.62. The van der Waals surface area contributed by atoms with Gasteiger partial charge in [0.1, 0.15) is 0 Å². The normalized spacial score (nSPS) is 19.5. The number of rotatable bonds is 4. The van der Waals surface area contributed by atoms with E-state index in [2.05, 4.69) is 0 Å². The van der Waals surface area contributed by atoms with E-state index < -0.39 is 0 Å². The Balaban J connectivity index is 1.99. The molecule has 1 heterocycles. The Labute approximate surface area is 114 Å². The molecule has 1 amide bonds. The standard InChI is InChI=1S/C15H21NO3/c1-12-3-5-13(6-4-12)9-15(17)16-7-8-19-11-14(16)10-18-2/h3-6,14H,7-11H2,1-2H3. The summed E-state index contributed by atoms with van der Waals surface area (Å²) < 4.78 is 10.6. The van der Waals surface area contributed by atoms with Gasteiger partial charge in [-0.15, -0.1) is 0 Å². The third kappa shape index (κ3) is 3.78. The summed E-state index contributed by atoms with van der Waals surface area (Å²) in [4.78, 5) is 14.2. The number of amides is 1. The lowest BCUT2D eigenvalue weighted by Crippen LogP contribution is -2.51. The Bertz CT molecular complexity index is 414. The van der Waals surface area contributed by atoms with Crippen LogP contribution in [0.2, 0.25) is 0 Å². The lowest BCUT2D eigenvalue weighted by molar-refractivity contribution is -0.141. The van der Waals surface area contributed by atoms with Crippen LogP contribution in [0.3, 0.4) is 0 Å². The van der Waals surface area contributed by atoms with Crippen LogP contribution in [0.5, 0.6) is 0 Å². The van der Waals surface area contributed by atoms with Crippen molar-refractivity contribution >= 4 is 5.91 Å². The van der Waals surface area contributed by atoms with Gasteiger partial charge in [0.2, 0.25) is 5.91 Å². The number of morpholine rings is 1. The molecule has 1 fully saturated rings. The highest BCUT2D eigenvalue weighted by Crippen LogP contribution is 2.11. The molecule has 4 nitrogen and oxygen atoms in total. The van der Waals surface area contributed by atoms with Gasteiger partial charge >= 0.3 is 0 Å². The first-order chi connectivity index (χ1) is 9.20. The van der Waals surface area contributed by atoms with Gasteiger partial charge in [0.15, 0.2) is 0 Å². The summed E-state index contributed by atoms with van der Waals surface area (Å²) in [6, 6.07) is 8.14. The predicted octanol–water partition coefficient (Wildman–Crippen LogP) is 1.41. The largest absolute Gasteiger partial charge is 0.382 e. The number of nitrogens with zero attached hydrogens (tertiary/aromatic N) is 1. The lowest BCUT2D eigenvalue weighted by atomic mass is 10.1. The van der Waals surface area contributed by atoms with Gasteiger partial charge in [0, 0.05) is 13.7 Å². The third-order valence-electron chi connectivity index (χ3n) is 3.38. The van der Waals surface area contributed by atoms with Crippen molar-refractivity contribution in [1.29, 1.82) is 0 Å². The second kappa shape index (κ2) is 6.68. The van der Waals surface area contributed by atoms with Gasteiger partial charge in [0.25, 0.3) is 0 Å². The highest BCUT2D eigenvalue weighted by atomic mass is 16.5. The van der Waals surface area contributed by atoms with Gasteiger partial charge in [-0.05, 0) is 12.5 Å². The Hall–Kier alpha value is -1.39. The highest BCUT2D eigenvalue weighted by molar-refractivity contribution is 5.79. The van der Waals surface area contributed by atoms with E-state index in [4.69, 9.17) is 9.47 Å². The molecular weight excluding hydrogens is 242 g/mol. The summed E-state index contributed by atoms with van der Waals surface area (Å²) >= 11 is 0. The van der Waals surface area contributed by atoms with Crippen LogP contribution in [0.25, 0.3) is 0 Å². The molecule has 0 saturated carbocycles. The number of hydrogen-bond acceptors (Lipinski definition) is 3. The van der Waals surface area contributed by atoms with Crippen molar-refractivity contribution in [3.05, 3.63) is 35.4 Å². The first kappa shape index (κ1) is 14.0. The van der Waals surface area contributed by atoms with E-state index in [1.54, 1.807) is 7.11 Å². The quantitative estimate of drug-likeness (QED) is 0.824. The van der Waals surface area contributed by atoms with E-state index in [0.717, 1.165) is 5.56 Å². The topological polar surface area (TPSA) is 38.8 Å². The molecule has 0 radical (unpaired) electrons. The molecule has 1 unspecified atom stereocenters. The molecule has 0 aliphatic carbocycles. The fourth-order valence-corrected chi connectivity index (χ4v) is 2.30. The zero-order valence-electron chi connectivity index (χ0n) is 11.6. The molecule has 2 rings (SSSR count). The van der Waals surface area contributed by atoms with Crippen LogP contribution < -0.4 is 0 Å². The Morgan fingerprint density at radius 1 is 1.42 bits per heavy atom. The minimum atomic E-state index is 0.0386. The SMILES string of the molecule is COCC1COCCN1C(=O)Cc1ccc(C)cc1. The van der Waals surface area contributed by atoms with Crippen molar-refractivity contribution in [2.24, 2.45) is 0 Å². The number of carbonyl (C=O) groups excluding carboxylic acids is 1. The smallest absolute Gasteiger partial charge is 0.227 e. The maximum Gasteiger partial charge on any atom is 0.227 e. The molecule has 1 aliphatic rings. The summed E-state index contributed by atoms with van der Waals surface area (Å²) in [5.74, 6) is 0.147. The summed E-state index contributed by atoms with van der Waals surface area (Å²) in [5, 5.41) is 0. The van der Waals surface area contributed by atoms with Gasteiger partial charge in [-0.3, -0.25) is 4.79 Å². The molecule has 104 valence electrons. The maximum absolute atomic E-state index is 12.4. The number of hydrogen-bond donors (Lipinski definition) is 0. The molecule has 1 atom stereocenters. The van der Waals surface area contributed by atoms with Gasteiger partial charge in [-0.1, -0.05) is 29.8 Å². The zero-order chi connectivity index (χ0) is 13.7. The zero-order valence-corrected chi connectivity index (χ0v) is 11.6. The number of methoxy groups -OCH3 is 1. The molecule has 0 aromatic heterocycles. The molecule has 1 aromatic rings. The fraction of sp³-hybridized carbons (Fsp3) is 0.533. The molecule has 1 aromatic carbocycles. The molecule has 4 heteroatoms. The molecule has 0 spiro atoms. The molecule has 1 aliphatic heterocycles. The number of aryl methyl sites for hydroxylation is 1. The minimum Gasteiger partial charge on any atom is -0.382 e.